The molecule has 1 aliphatic carbocycles. The number of aromatic nitrogens is 2. The van der Waals surface area contributed by atoms with Gasteiger partial charge in [-0.05, 0) is 45.4 Å². The van der Waals surface area contributed by atoms with E-state index in [2.05, 4.69) is 30.7 Å². The predicted molar refractivity (Wildman–Crippen MR) is 107 cm³/mol. The number of nitrogens with zero attached hydrogens (tertiary/aromatic N) is 5. The molecule has 6 nitrogen and oxygen atoms in total. The van der Waals surface area contributed by atoms with E-state index in [0.717, 1.165) is 57.1 Å². The zero-order valence-corrected chi connectivity index (χ0v) is 16.6. The smallest absolute Gasteiger partial charge is 0.222 e. The van der Waals surface area contributed by atoms with Gasteiger partial charge in [-0.3, -0.25) is 4.79 Å². The van der Waals surface area contributed by atoms with Gasteiger partial charge in [-0.2, -0.15) is 0 Å². The second kappa shape index (κ2) is 8.55. The molecule has 0 aromatic carbocycles. The molecule has 4 rings (SSSR count). The van der Waals surface area contributed by atoms with Crippen molar-refractivity contribution in [2.75, 3.05) is 37.6 Å². The summed E-state index contributed by atoms with van der Waals surface area (Å²) in [5.41, 5.74) is 1.05. The van der Waals surface area contributed by atoms with E-state index in [9.17, 15) is 4.79 Å². The maximum absolute atomic E-state index is 12.2. The minimum atomic E-state index is 0.362. The first-order valence-corrected chi connectivity index (χ1v) is 10.8. The summed E-state index contributed by atoms with van der Waals surface area (Å²) in [6, 6.07) is 3.39. The number of carbonyl (C=O) groups is 1. The van der Waals surface area contributed by atoms with Crippen LogP contribution in [0.2, 0.25) is 0 Å². The Morgan fingerprint density at radius 2 is 1.78 bits per heavy atom. The quantitative estimate of drug-likeness (QED) is 0.769. The van der Waals surface area contributed by atoms with Gasteiger partial charge >= 0.3 is 0 Å². The lowest BCUT2D eigenvalue weighted by atomic mass is 10.0. The average Bonchev–Trinajstić information content (AvgIpc) is 3.51. The third-order valence-electron chi connectivity index (χ3n) is 6.30. The van der Waals surface area contributed by atoms with E-state index in [1.165, 1.54) is 38.5 Å². The highest BCUT2D eigenvalue weighted by Crippen LogP contribution is 2.35. The molecule has 0 bridgehead atoms. The molecule has 1 saturated carbocycles. The van der Waals surface area contributed by atoms with Crippen LogP contribution in [0.4, 0.5) is 5.82 Å². The standard InChI is InChI=1S/C21H33N5O/c1-17-15-20(23-16-22-17)26(18-6-7-18)19-8-11-24(12-9-19)13-14-25-10-4-2-3-5-21(25)27/h15-16,18-19H,2-14H2,1H3. The van der Waals surface area contributed by atoms with Crippen LogP contribution in [-0.2, 0) is 4.79 Å². The van der Waals surface area contributed by atoms with Gasteiger partial charge in [0.25, 0.3) is 0 Å². The fourth-order valence-electron chi connectivity index (χ4n) is 4.56. The zero-order chi connectivity index (χ0) is 18.6. The summed E-state index contributed by atoms with van der Waals surface area (Å²) in [5, 5.41) is 0. The summed E-state index contributed by atoms with van der Waals surface area (Å²) >= 11 is 0. The number of carbonyl (C=O) groups excluding carboxylic acids is 1. The van der Waals surface area contributed by atoms with E-state index in [1.807, 2.05) is 6.92 Å². The molecular weight excluding hydrogens is 338 g/mol. The maximum Gasteiger partial charge on any atom is 0.222 e. The maximum atomic E-state index is 12.2. The van der Waals surface area contributed by atoms with Crippen molar-refractivity contribution < 1.29 is 4.79 Å². The van der Waals surface area contributed by atoms with Crippen LogP contribution >= 0.6 is 0 Å². The van der Waals surface area contributed by atoms with Crippen molar-refractivity contribution >= 4 is 11.7 Å². The molecule has 0 N–H and O–H groups in total. The second-order valence-corrected chi connectivity index (χ2v) is 8.42. The SMILES string of the molecule is Cc1cc(N(C2CC2)C2CCN(CCN3CCCCCC3=O)CC2)ncn1. The van der Waals surface area contributed by atoms with Gasteiger partial charge in [0.2, 0.25) is 5.91 Å². The van der Waals surface area contributed by atoms with E-state index < -0.39 is 0 Å². The Morgan fingerprint density at radius 3 is 2.52 bits per heavy atom. The third kappa shape index (κ3) is 4.78. The summed E-state index contributed by atoms with van der Waals surface area (Å²) in [6.07, 6.45) is 10.8. The number of hydrogen-bond donors (Lipinski definition) is 0. The van der Waals surface area contributed by atoms with Gasteiger partial charge in [-0.1, -0.05) is 6.42 Å². The van der Waals surface area contributed by atoms with Crippen molar-refractivity contribution in [2.24, 2.45) is 0 Å². The third-order valence-corrected chi connectivity index (χ3v) is 6.30. The van der Waals surface area contributed by atoms with Gasteiger partial charge in [-0.25, -0.2) is 9.97 Å². The van der Waals surface area contributed by atoms with Gasteiger partial charge in [0.05, 0.1) is 0 Å². The number of amides is 1. The largest absolute Gasteiger partial charge is 0.350 e. The molecule has 0 radical (unpaired) electrons. The summed E-state index contributed by atoms with van der Waals surface area (Å²) in [7, 11) is 0. The van der Waals surface area contributed by atoms with E-state index in [4.69, 9.17) is 0 Å². The number of likely N-dealkylation sites (tertiary alicyclic amines) is 2. The molecule has 3 heterocycles. The first-order chi connectivity index (χ1) is 13.2. The van der Waals surface area contributed by atoms with Crippen molar-refractivity contribution in [1.82, 2.24) is 19.8 Å². The molecule has 2 saturated heterocycles. The molecule has 0 spiro atoms. The van der Waals surface area contributed by atoms with E-state index in [-0.39, 0.29) is 0 Å². The Kier molecular flexibility index (Phi) is 5.91. The minimum absolute atomic E-state index is 0.362. The molecule has 1 aromatic rings. The fourth-order valence-corrected chi connectivity index (χ4v) is 4.56. The Hall–Kier alpha value is -1.69. The normalized spacial score (nSPS) is 22.7. The molecule has 2 aliphatic heterocycles. The van der Waals surface area contributed by atoms with Crippen molar-refractivity contribution in [3.63, 3.8) is 0 Å². The number of piperidine rings is 1. The van der Waals surface area contributed by atoms with Crippen LogP contribution in [0.1, 0.15) is 57.1 Å². The van der Waals surface area contributed by atoms with Crippen LogP contribution in [0, 0.1) is 6.92 Å². The molecule has 3 fully saturated rings. The van der Waals surface area contributed by atoms with Gasteiger partial charge < -0.3 is 14.7 Å². The highest BCUT2D eigenvalue weighted by Gasteiger charge is 2.36. The first-order valence-electron chi connectivity index (χ1n) is 10.8. The van der Waals surface area contributed by atoms with Crippen LogP contribution in [0.15, 0.2) is 12.4 Å². The van der Waals surface area contributed by atoms with Crippen molar-refractivity contribution in [1.29, 1.82) is 0 Å². The molecule has 1 amide bonds. The van der Waals surface area contributed by atoms with E-state index in [0.29, 0.717) is 18.0 Å². The lowest BCUT2D eigenvalue weighted by Crippen LogP contribution is -2.48. The molecule has 1 aromatic heterocycles. The van der Waals surface area contributed by atoms with Gasteiger partial charge in [-0.15, -0.1) is 0 Å². The topological polar surface area (TPSA) is 52.6 Å². The number of aryl methyl sites for hydroxylation is 1. The minimum Gasteiger partial charge on any atom is -0.350 e. The van der Waals surface area contributed by atoms with Crippen molar-refractivity contribution in [2.45, 2.75) is 70.4 Å². The number of anilines is 1. The lowest BCUT2D eigenvalue weighted by molar-refractivity contribution is -0.130. The van der Waals surface area contributed by atoms with Crippen LogP contribution in [0.5, 0.6) is 0 Å². The molecule has 148 valence electrons. The Morgan fingerprint density at radius 1 is 1.00 bits per heavy atom. The summed E-state index contributed by atoms with van der Waals surface area (Å²) in [5.74, 6) is 1.47. The van der Waals surface area contributed by atoms with E-state index >= 15 is 0 Å². The number of rotatable bonds is 6. The summed E-state index contributed by atoms with van der Waals surface area (Å²) in [6.45, 7) is 7.18. The highest BCUT2D eigenvalue weighted by atomic mass is 16.2. The van der Waals surface area contributed by atoms with Gasteiger partial charge in [0, 0.05) is 63.0 Å². The monoisotopic (exact) mass is 371 g/mol. The first kappa shape index (κ1) is 18.7. The summed E-state index contributed by atoms with van der Waals surface area (Å²) < 4.78 is 0. The number of hydrogen-bond acceptors (Lipinski definition) is 5. The van der Waals surface area contributed by atoms with Crippen LogP contribution in [-0.4, -0.2) is 70.5 Å². The molecule has 3 aliphatic rings. The lowest BCUT2D eigenvalue weighted by Gasteiger charge is -2.40. The molecule has 6 heteroatoms. The second-order valence-electron chi connectivity index (χ2n) is 8.42. The molecule has 0 atom stereocenters. The Bertz CT molecular complexity index is 639. The van der Waals surface area contributed by atoms with Crippen LogP contribution < -0.4 is 4.90 Å². The van der Waals surface area contributed by atoms with Crippen molar-refractivity contribution in [3.8, 4) is 0 Å². The van der Waals surface area contributed by atoms with Gasteiger partial charge in [0.15, 0.2) is 0 Å². The van der Waals surface area contributed by atoms with Gasteiger partial charge in [0.1, 0.15) is 12.1 Å². The zero-order valence-electron chi connectivity index (χ0n) is 16.6. The van der Waals surface area contributed by atoms with Crippen molar-refractivity contribution in [3.05, 3.63) is 18.1 Å². The molecular formula is C21H33N5O. The molecule has 27 heavy (non-hydrogen) atoms. The van der Waals surface area contributed by atoms with Crippen LogP contribution in [0.3, 0.4) is 0 Å². The average molecular weight is 372 g/mol. The molecule has 0 unspecified atom stereocenters. The highest BCUT2D eigenvalue weighted by molar-refractivity contribution is 5.76. The predicted octanol–water partition coefficient (Wildman–Crippen LogP) is 2.62. The van der Waals surface area contributed by atoms with E-state index in [1.54, 1.807) is 6.33 Å². The fraction of sp³-hybridized carbons (Fsp3) is 0.762. The van der Waals surface area contributed by atoms with Crippen LogP contribution in [0.25, 0.3) is 0 Å². The Labute approximate surface area is 162 Å². The Balaban J connectivity index is 1.29. The summed E-state index contributed by atoms with van der Waals surface area (Å²) in [4.78, 5) is 28.2.